The van der Waals surface area contributed by atoms with Gasteiger partial charge in [0.25, 0.3) is 5.56 Å². The number of aromatic nitrogens is 2. The lowest BCUT2D eigenvalue weighted by Gasteiger charge is -2.14. The molecule has 0 fully saturated rings. The Hall–Kier alpha value is -2.23. The minimum Gasteiger partial charge on any atom is -0.497 e. The Kier molecular flexibility index (Phi) is 6.50. The van der Waals surface area contributed by atoms with Crippen LogP contribution >= 0.6 is 39.5 Å². The van der Waals surface area contributed by atoms with E-state index in [0.717, 1.165) is 22.3 Å². The number of benzene rings is 2. The highest BCUT2D eigenvalue weighted by Gasteiger charge is 2.23. The molecule has 30 heavy (non-hydrogen) atoms. The number of nitrogens with zero attached hydrogens (tertiary/aromatic N) is 2. The zero-order valence-electron chi connectivity index (χ0n) is 16.1. The van der Waals surface area contributed by atoms with Gasteiger partial charge >= 0.3 is 0 Å². The Balaban J connectivity index is 1.62. The lowest BCUT2D eigenvalue weighted by molar-refractivity contribution is -0.113. The van der Waals surface area contributed by atoms with Crippen molar-refractivity contribution in [3.05, 3.63) is 69.1 Å². The SMILES string of the molecule is COc1cccc(-n2c(SCC(=O)Nc3ccc(Br)cc3)nc3c(c2=O)SCC3)c1. The average molecular weight is 504 g/mol. The number of nitrogens with one attached hydrogen (secondary N) is 1. The summed E-state index contributed by atoms with van der Waals surface area (Å²) in [6.07, 6.45) is 0.757. The third-order valence-corrected chi connectivity index (χ3v) is 7.01. The fraction of sp³-hybridized carbons (Fsp3) is 0.190. The van der Waals surface area contributed by atoms with E-state index in [9.17, 15) is 9.59 Å². The normalized spacial score (nSPS) is 12.5. The van der Waals surface area contributed by atoms with Crippen LogP contribution in [-0.2, 0) is 11.2 Å². The number of amides is 1. The van der Waals surface area contributed by atoms with Gasteiger partial charge in [-0.2, -0.15) is 0 Å². The molecule has 0 atom stereocenters. The summed E-state index contributed by atoms with van der Waals surface area (Å²) in [6, 6.07) is 14.7. The summed E-state index contributed by atoms with van der Waals surface area (Å²) < 4.78 is 7.82. The number of hydrogen-bond acceptors (Lipinski definition) is 6. The molecular formula is C21H18BrN3O3S2. The Labute approximate surface area is 190 Å². The molecule has 1 aliphatic heterocycles. The molecule has 154 valence electrons. The van der Waals surface area contributed by atoms with Gasteiger partial charge < -0.3 is 10.1 Å². The number of thioether (sulfide) groups is 2. The maximum atomic E-state index is 13.2. The second kappa shape index (κ2) is 9.28. The fourth-order valence-corrected chi connectivity index (χ4v) is 5.14. The number of fused-ring (bicyclic) bond motifs is 1. The molecule has 1 amide bonds. The van der Waals surface area contributed by atoms with Crippen molar-refractivity contribution in [2.75, 3.05) is 23.9 Å². The highest BCUT2D eigenvalue weighted by Crippen LogP contribution is 2.30. The molecule has 4 rings (SSSR count). The summed E-state index contributed by atoms with van der Waals surface area (Å²) in [5.74, 6) is 1.46. The number of ether oxygens (including phenoxy) is 1. The van der Waals surface area contributed by atoms with E-state index in [1.807, 2.05) is 42.5 Å². The first-order valence-corrected chi connectivity index (χ1v) is 11.9. The van der Waals surface area contributed by atoms with Crippen LogP contribution in [0.15, 0.2) is 67.9 Å². The molecule has 0 bridgehead atoms. The van der Waals surface area contributed by atoms with Crippen molar-refractivity contribution in [1.82, 2.24) is 9.55 Å². The molecule has 3 aromatic rings. The third kappa shape index (κ3) is 4.58. The van der Waals surface area contributed by atoms with Gasteiger partial charge in [-0.15, -0.1) is 11.8 Å². The minimum absolute atomic E-state index is 0.105. The fourth-order valence-electron chi connectivity index (χ4n) is 3.03. The zero-order chi connectivity index (χ0) is 21.1. The molecule has 1 aliphatic rings. The van der Waals surface area contributed by atoms with Gasteiger partial charge in [-0.25, -0.2) is 4.98 Å². The van der Waals surface area contributed by atoms with Crippen LogP contribution in [0.4, 0.5) is 5.69 Å². The van der Waals surface area contributed by atoms with Gasteiger partial charge in [-0.1, -0.05) is 33.8 Å². The number of anilines is 1. The first-order chi connectivity index (χ1) is 14.5. The minimum atomic E-state index is -0.163. The van der Waals surface area contributed by atoms with Gasteiger partial charge in [0.05, 0.1) is 29.1 Å². The molecule has 2 heterocycles. The van der Waals surface area contributed by atoms with E-state index in [-0.39, 0.29) is 17.2 Å². The topological polar surface area (TPSA) is 73.2 Å². The van der Waals surface area contributed by atoms with Crippen molar-refractivity contribution in [3.63, 3.8) is 0 Å². The number of hydrogen-bond donors (Lipinski definition) is 1. The molecule has 2 aromatic carbocycles. The third-order valence-electron chi connectivity index (χ3n) is 4.44. The highest BCUT2D eigenvalue weighted by atomic mass is 79.9. The van der Waals surface area contributed by atoms with Crippen molar-refractivity contribution >= 4 is 51.0 Å². The van der Waals surface area contributed by atoms with Crippen molar-refractivity contribution in [2.45, 2.75) is 16.5 Å². The molecule has 1 aromatic heterocycles. The largest absolute Gasteiger partial charge is 0.497 e. The first kappa shape index (κ1) is 21.0. The predicted molar refractivity (Wildman–Crippen MR) is 124 cm³/mol. The van der Waals surface area contributed by atoms with Crippen LogP contribution in [0.25, 0.3) is 5.69 Å². The molecule has 6 nitrogen and oxygen atoms in total. The zero-order valence-corrected chi connectivity index (χ0v) is 19.3. The first-order valence-electron chi connectivity index (χ1n) is 9.16. The van der Waals surface area contributed by atoms with Crippen LogP contribution in [-0.4, -0.2) is 34.1 Å². The van der Waals surface area contributed by atoms with E-state index in [1.54, 1.807) is 17.7 Å². The molecule has 0 saturated heterocycles. The summed E-state index contributed by atoms with van der Waals surface area (Å²) >= 11 is 6.15. The maximum absolute atomic E-state index is 13.2. The van der Waals surface area contributed by atoms with E-state index in [1.165, 1.54) is 23.5 Å². The van der Waals surface area contributed by atoms with Gasteiger partial charge in [0.1, 0.15) is 5.75 Å². The average Bonchev–Trinajstić information content (AvgIpc) is 3.23. The standard InChI is InChI=1S/C21H18BrN3O3S2/c1-28-16-4-2-3-15(11-16)25-20(27)19-17(9-10-29-19)24-21(25)30-12-18(26)23-14-7-5-13(22)6-8-14/h2-8,11H,9-10,12H2,1H3,(H,23,26). The monoisotopic (exact) mass is 503 g/mol. The lowest BCUT2D eigenvalue weighted by atomic mass is 10.3. The number of methoxy groups -OCH3 is 1. The van der Waals surface area contributed by atoms with Crippen molar-refractivity contribution in [3.8, 4) is 11.4 Å². The maximum Gasteiger partial charge on any atom is 0.272 e. The predicted octanol–water partition coefficient (Wildman–Crippen LogP) is 4.38. The van der Waals surface area contributed by atoms with E-state index >= 15 is 0 Å². The molecule has 0 aliphatic carbocycles. The summed E-state index contributed by atoms with van der Waals surface area (Å²) in [5, 5.41) is 3.36. The smallest absolute Gasteiger partial charge is 0.272 e. The Morgan fingerprint density at radius 2 is 2.10 bits per heavy atom. The molecule has 0 spiro atoms. The number of carbonyl (C=O) groups excluding carboxylic acids is 1. The van der Waals surface area contributed by atoms with Crippen LogP contribution in [0.3, 0.4) is 0 Å². The summed E-state index contributed by atoms with van der Waals surface area (Å²) in [5.41, 5.74) is 2.08. The molecule has 9 heteroatoms. The van der Waals surface area contributed by atoms with E-state index < -0.39 is 0 Å². The summed E-state index contributed by atoms with van der Waals surface area (Å²) in [7, 11) is 1.58. The summed E-state index contributed by atoms with van der Waals surface area (Å²) in [4.78, 5) is 31.0. The quantitative estimate of drug-likeness (QED) is 0.397. The second-order valence-electron chi connectivity index (χ2n) is 6.45. The Morgan fingerprint density at radius 1 is 1.30 bits per heavy atom. The van der Waals surface area contributed by atoms with E-state index in [0.29, 0.717) is 27.2 Å². The highest BCUT2D eigenvalue weighted by molar-refractivity contribution is 9.10. The van der Waals surface area contributed by atoms with Gasteiger partial charge in [-0.3, -0.25) is 14.2 Å². The van der Waals surface area contributed by atoms with Crippen LogP contribution in [0.2, 0.25) is 0 Å². The molecule has 0 unspecified atom stereocenters. The van der Waals surface area contributed by atoms with Gasteiger partial charge in [0.2, 0.25) is 5.91 Å². The van der Waals surface area contributed by atoms with Crippen LogP contribution < -0.4 is 15.6 Å². The van der Waals surface area contributed by atoms with Crippen LogP contribution in [0.1, 0.15) is 5.69 Å². The summed E-state index contributed by atoms with van der Waals surface area (Å²) in [6.45, 7) is 0. The van der Waals surface area contributed by atoms with Crippen molar-refractivity contribution in [2.24, 2.45) is 0 Å². The number of aryl methyl sites for hydroxylation is 1. The van der Waals surface area contributed by atoms with Crippen LogP contribution in [0.5, 0.6) is 5.75 Å². The van der Waals surface area contributed by atoms with Crippen molar-refractivity contribution in [1.29, 1.82) is 0 Å². The molecular weight excluding hydrogens is 486 g/mol. The number of carbonyl (C=O) groups is 1. The van der Waals surface area contributed by atoms with E-state index in [2.05, 4.69) is 21.2 Å². The number of halogens is 1. The van der Waals surface area contributed by atoms with E-state index in [4.69, 9.17) is 9.72 Å². The van der Waals surface area contributed by atoms with Gasteiger partial charge in [0, 0.05) is 28.4 Å². The number of rotatable bonds is 6. The lowest BCUT2D eigenvalue weighted by Crippen LogP contribution is -2.24. The molecule has 0 saturated carbocycles. The van der Waals surface area contributed by atoms with Crippen molar-refractivity contribution < 1.29 is 9.53 Å². The second-order valence-corrected chi connectivity index (χ2v) is 9.42. The molecule has 1 N–H and O–H groups in total. The Bertz CT molecular complexity index is 1150. The molecule has 0 radical (unpaired) electrons. The van der Waals surface area contributed by atoms with Gasteiger partial charge in [-0.05, 0) is 36.4 Å². The van der Waals surface area contributed by atoms with Gasteiger partial charge in [0.15, 0.2) is 5.16 Å². The van der Waals surface area contributed by atoms with Crippen LogP contribution in [0, 0.1) is 0 Å². The Morgan fingerprint density at radius 3 is 2.87 bits per heavy atom.